The quantitative estimate of drug-likeness (QED) is 0.757. The first-order chi connectivity index (χ1) is 13.4. The van der Waals surface area contributed by atoms with Crippen LogP contribution in [-0.2, 0) is 19.6 Å². The SMILES string of the molecule is c1cnc(N2CCC[C@H](Cn3ccnc3-c3cc4n(n3)CCNC4)C2)nc1. The van der Waals surface area contributed by atoms with Crippen molar-refractivity contribution in [3.8, 4) is 11.5 Å². The Morgan fingerprint density at radius 1 is 1.11 bits per heavy atom. The number of rotatable bonds is 4. The number of hydrogen-bond donors (Lipinski definition) is 1. The molecule has 0 bridgehead atoms. The highest BCUT2D eigenvalue weighted by molar-refractivity contribution is 5.50. The van der Waals surface area contributed by atoms with E-state index >= 15 is 0 Å². The molecule has 0 spiro atoms. The van der Waals surface area contributed by atoms with Gasteiger partial charge in [0.25, 0.3) is 0 Å². The molecule has 140 valence electrons. The zero-order valence-electron chi connectivity index (χ0n) is 15.3. The molecule has 5 heterocycles. The molecule has 5 rings (SSSR count). The highest BCUT2D eigenvalue weighted by Crippen LogP contribution is 2.24. The van der Waals surface area contributed by atoms with Gasteiger partial charge in [0.2, 0.25) is 5.95 Å². The van der Waals surface area contributed by atoms with E-state index in [1.807, 2.05) is 24.7 Å². The van der Waals surface area contributed by atoms with E-state index in [1.54, 1.807) is 0 Å². The molecular weight excluding hydrogens is 340 g/mol. The van der Waals surface area contributed by atoms with Gasteiger partial charge in [-0.05, 0) is 30.9 Å². The lowest BCUT2D eigenvalue weighted by atomic mass is 9.98. The molecule has 0 unspecified atom stereocenters. The number of aromatic nitrogens is 6. The molecule has 1 saturated heterocycles. The summed E-state index contributed by atoms with van der Waals surface area (Å²) in [6.45, 7) is 5.72. The number of hydrogen-bond acceptors (Lipinski definition) is 6. The summed E-state index contributed by atoms with van der Waals surface area (Å²) in [7, 11) is 0. The molecule has 2 aliphatic rings. The lowest BCUT2D eigenvalue weighted by molar-refractivity contribution is 0.365. The Bertz CT molecular complexity index is 876. The second-order valence-electron chi connectivity index (χ2n) is 7.33. The molecule has 1 N–H and O–H groups in total. The van der Waals surface area contributed by atoms with E-state index in [4.69, 9.17) is 5.10 Å². The van der Waals surface area contributed by atoms with Gasteiger partial charge in [0.05, 0.1) is 12.2 Å². The van der Waals surface area contributed by atoms with Crippen LogP contribution >= 0.6 is 0 Å². The molecule has 8 heteroatoms. The van der Waals surface area contributed by atoms with Crippen molar-refractivity contribution in [2.75, 3.05) is 24.5 Å². The van der Waals surface area contributed by atoms with Crippen LogP contribution in [0.25, 0.3) is 11.5 Å². The van der Waals surface area contributed by atoms with Crippen LogP contribution in [0, 0.1) is 5.92 Å². The Kier molecular flexibility index (Phi) is 4.33. The third kappa shape index (κ3) is 3.32. The Morgan fingerprint density at radius 3 is 2.93 bits per heavy atom. The predicted molar refractivity (Wildman–Crippen MR) is 102 cm³/mol. The van der Waals surface area contributed by atoms with Gasteiger partial charge in [0.15, 0.2) is 5.82 Å². The van der Waals surface area contributed by atoms with E-state index in [0.29, 0.717) is 5.92 Å². The maximum atomic E-state index is 4.77. The van der Waals surface area contributed by atoms with E-state index in [2.05, 4.69) is 46.7 Å². The normalized spacial score (nSPS) is 19.9. The molecule has 1 fully saturated rings. The Morgan fingerprint density at radius 2 is 2.04 bits per heavy atom. The second kappa shape index (κ2) is 7.11. The number of anilines is 1. The van der Waals surface area contributed by atoms with Crippen molar-refractivity contribution in [1.82, 2.24) is 34.6 Å². The van der Waals surface area contributed by atoms with E-state index < -0.39 is 0 Å². The first-order valence-electron chi connectivity index (χ1n) is 9.68. The summed E-state index contributed by atoms with van der Waals surface area (Å²) in [5.74, 6) is 2.35. The van der Waals surface area contributed by atoms with Crippen molar-refractivity contribution in [1.29, 1.82) is 0 Å². The van der Waals surface area contributed by atoms with Crippen molar-refractivity contribution < 1.29 is 0 Å². The number of piperidine rings is 1. The Labute approximate surface area is 158 Å². The molecular formula is C19H24N8. The fraction of sp³-hybridized carbons (Fsp3) is 0.474. The van der Waals surface area contributed by atoms with Gasteiger partial charge in [-0.1, -0.05) is 0 Å². The summed E-state index contributed by atoms with van der Waals surface area (Å²) < 4.78 is 4.35. The van der Waals surface area contributed by atoms with Crippen LogP contribution < -0.4 is 10.2 Å². The van der Waals surface area contributed by atoms with Crippen molar-refractivity contribution in [3.63, 3.8) is 0 Å². The first-order valence-corrected chi connectivity index (χ1v) is 9.68. The van der Waals surface area contributed by atoms with Gasteiger partial charge in [-0.3, -0.25) is 4.68 Å². The third-order valence-electron chi connectivity index (χ3n) is 5.42. The Balaban J connectivity index is 1.33. The maximum absolute atomic E-state index is 4.77. The largest absolute Gasteiger partial charge is 0.340 e. The van der Waals surface area contributed by atoms with Crippen LogP contribution in [0.4, 0.5) is 5.95 Å². The van der Waals surface area contributed by atoms with Crippen LogP contribution in [-0.4, -0.2) is 48.9 Å². The molecule has 0 aromatic carbocycles. The van der Waals surface area contributed by atoms with Crippen molar-refractivity contribution in [2.24, 2.45) is 5.92 Å². The topological polar surface area (TPSA) is 76.7 Å². The van der Waals surface area contributed by atoms with Crippen molar-refractivity contribution in [2.45, 2.75) is 32.5 Å². The van der Waals surface area contributed by atoms with Crippen LogP contribution in [0.15, 0.2) is 36.9 Å². The second-order valence-corrected chi connectivity index (χ2v) is 7.33. The van der Waals surface area contributed by atoms with Crippen molar-refractivity contribution >= 4 is 5.95 Å². The van der Waals surface area contributed by atoms with Gasteiger partial charge >= 0.3 is 0 Å². The molecule has 1 atom stereocenters. The van der Waals surface area contributed by atoms with E-state index in [1.165, 1.54) is 12.1 Å². The summed E-state index contributed by atoms with van der Waals surface area (Å²) in [5, 5.41) is 8.17. The van der Waals surface area contributed by atoms with Gasteiger partial charge < -0.3 is 14.8 Å². The molecule has 0 amide bonds. The van der Waals surface area contributed by atoms with Crippen LogP contribution in [0.2, 0.25) is 0 Å². The lowest BCUT2D eigenvalue weighted by Crippen LogP contribution is -2.38. The molecule has 0 radical (unpaired) electrons. The fourth-order valence-electron chi connectivity index (χ4n) is 4.12. The van der Waals surface area contributed by atoms with Crippen LogP contribution in [0.5, 0.6) is 0 Å². The zero-order chi connectivity index (χ0) is 18.1. The number of nitrogens with one attached hydrogen (secondary N) is 1. The highest BCUT2D eigenvalue weighted by atomic mass is 15.3. The number of fused-ring (bicyclic) bond motifs is 1. The molecule has 8 nitrogen and oxygen atoms in total. The molecule has 3 aromatic heterocycles. The predicted octanol–water partition coefficient (Wildman–Crippen LogP) is 1.56. The molecule has 0 aliphatic carbocycles. The molecule has 2 aliphatic heterocycles. The fourth-order valence-corrected chi connectivity index (χ4v) is 4.12. The number of imidazole rings is 1. The van der Waals surface area contributed by atoms with Gasteiger partial charge in [-0.15, -0.1) is 0 Å². The van der Waals surface area contributed by atoms with Gasteiger partial charge in [-0.25, -0.2) is 15.0 Å². The van der Waals surface area contributed by atoms with Crippen LogP contribution in [0.1, 0.15) is 18.5 Å². The highest BCUT2D eigenvalue weighted by Gasteiger charge is 2.23. The summed E-state index contributed by atoms with van der Waals surface area (Å²) in [5.41, 5.74) is 2.20. The average Bonchev–Trinajstić information content (AvgIpc) is 3.35. The minimum atomic E-state index is 0.550. The lowest BCUT2D eigenvalue weighted by Gasteiger charge is -2.33. The van der Waals surface area contributed by atoms with Crippen molar-refractivity contribution in [3.05, 3.63) is 42.6 Å². The summed E-state index contributed by atoms with van der Waals surface area (Å²) in [6, 6.07) is 4.03. The standard InChI is InChI=1S/C19H24N8/c1-3-15(14-26(8-1)19-22-4-2-5-23-19)13-25-9-7-21-18(25)17-11-16-12-20-6-10-27(16)24-17/h2,4-5,7,9,11,15,20H,1,3,6,8,10,12-14H2/t15-/m1/s1. The van der Waals surface area contributed by atoms with E-state index in [-0.39, 0.29) is 0 Å². The average molecular weight is 364 g/mol. The summed E-state index contributed by atoms with van der Waals surface area (Å²) in [4.78, 5) is 15.7. The zero-order valence-corrected chi connectivity index (χ0v) is 15.3. The van der Waals surface area contributed by atoms with E-state index in [0.717, 1.165) is 63.2 Å². The number of nitrogens with zero attached hydrogens (tertiary/aromatic N) is 7. The van der Waals surface area contributed by atoms with Gasteiger partial charge in [0.1, 0.15) is 5.69 Å². The third-order valence-corrected chi connectivity index (χ3v) is 5.42. The monoisotopic (exact) mass is 364 g/mol. The maximum Gasteiger partial charge on any atom is 0.225 e. The molecule has 3 aromatic rings. The first kappa shape index (κ1) is 16.4. The van der Waals surface area contributed by atoms with Crippen LogP contribution in [0.3, 0.4) is 0 Å². The molecule has 0 saturated carbocycles. The van der Waals surface area contributed by atoms with Gasteiger partial charge in [0, 0.05) is 57.5 Å². The Hall–Kier alpha value is -2.74. The van der Waals surface area contributed by atoms with Gasteiger partial charge in [-0.2, -0.15) is 5.10 Å². The minimum Gasteiger partial charge on any atom is -0.340 e. The minimum absolute atomic E-state index is 0.550. The summed E-state index contributed by atoms with van der Waals surface area (Å²) in [6.07, 6.45) is 9.96. The van der Waals surface area contributed by atoms with E-state index in [9.17, 15) is 0 Å². The summed E-state index contributed by atoms with van der Waals surface area (Å²) >= 11 is 0. The smallest absolute Gasteiger partial charge is 0.225 e. The molecule has 27 heavy (non-hydrogen) atoms.